The summed E-state index contributed by atoms with van der Waals surface area (Å²) in [5, 5.41) is 18.4. The molecule has 0 heterocycles. The lowest BCUT2D eigenvalue weighted by Gasteiger charge is -2.15. The molecule has 2 N–H and O–H groups in total. The lowest BCUT2D eigenvalue weighted by molar-refractivity contribution is 0.275. The molecule has 0 unspecified atom stereocenters. The number of benzene rings is 1. The molecule has 0 bridgehead atoms. The van der Waals surface area contributed by atoms with Crippen molar-refractivity contribution in [3.8, 4) is 0 Å². The van der Waals surface area contributed by atoms with Gasteiger partial charge in [-0.25, -0.2) is 0 Å². The maximum atomic E-state index is 9.20. The number of aliphatic hydroxyl groups is 2. The van der Waals surface area contributed by atoms with E-state index in [1.54, 1.807) is 0 Å². The predicted molar refractivity (Wildman–Crippen MR) is 63.2 cm³/mol. The lowest BCUT2D eigenvalue weighted by Crippen LogP contribution is -2.01. The molecule has 1 aromatic carbocycles. The summed E-state index contributed by atoms with van der Waals surface area (Å²) in [5.74, 6) is 0. The molecule has 0 atom stereocenters. The van der Waals surface area contributed by atoms with Gasteiger partial charge in [-0.15, -0.1) is 0 Å². The zero-order chi connectivity index (χ0) is 10.9. The topological polar surface area (TPSA) is 40.5 Å². The number of rotatable bonds is 2. The monoisotopic (exact) mass is 322 g/mol. The molecular weight excluding hydrogens is 312 g/mol. The molecule has 14 heavy (non-hydrogen) atoms. The number of aliphatic hydroxyl groups excluding tert-OH is 2. The van der Waals surface area contributed by atoms with Gasteiger partial charge in [0.1, 0.15) is 0 Å². The van der Waals surface area contributed by atoms with E-state index >= 15 is 0 Å². The molecule has 1 aromatic rings. The van der Waals surface area contributed by atoms with Crippen molar-refractivity contribution in [1.82, 2.24) is 0 Å². The molecular formula is C10H12Br2O2. The Kier molecular flexibility index (Phi) is 4.13. The van der Waals surface area contributed by atoms with E-state index in [0.717, 1.165) is 31.2 Å². The van der Waals surface area contributed by atoms with Gasteiger partial charge in [0.25, 0.3) is 0 Å². The summed E-state index contributed by atoms with van der Waals surface area (Å²) in [5.41, 5.74) is 3.67. The first-order valence-electron chi connectivity index (χ1n) is 4.22. The SMILES string of the molecule is Cc1c(Br)c(CO)c(C)c(Br)c1CO. The maximum absolute atomic E-state index is 9.20. The first-order valence-corrected chi connectivity index (χ1v) is 5.80. The summed E-state index contributed by atoms with van der Waals surface area (Å²) < 4.78 is 1.76. The van der Waals surface area contributed by atoms with Gasteiger partial charge in [0.2, 0.25) is 0 Å². The highest BCUT2D eigenvalue weighted by Crippen LogP contribution is 2.34. The van der Waals surface area contributed by atoms with E-state index < -0.39 is 0 Å². The fraction of sp³-hybridized carbons (Fsp3) is 0.400. The fourth-order valence-corrected chi connectivity index (χ4v) is 2.75. The Labute approximate surface area is 100 Å². The van der Waals surface area contributed by atoms with Gasteiger partial charge in [-0.05, 0) is 36.1 Å². The van der Waals surface area contributed by atoms with Crippen LogP contribution in [0.5, 0.6) is 0 Å². The number of hydrogen-bond donors (Lipinski definition) is 2. The number of hydrogen-bond acceptors (Lipinski definition) is 2. The molecule has 1 rings (SSSR count). The van der Waals surface area contributed by atoms with E-state index in [0.29, 0.717) is 0 Å². The van der Waals surface area contributed by atoms with Crippen LogP contribution >= 0.6 is 31.9 Å². The average Bonchev–Trinajstić information content (AvgIpc) is 2.17. The van der Waals surface area contributed by atoms with Crippen molar-refractivity contribution in [3.05, 3.63) is 31.2 Å². The second kappa shape index (κ2) is 4.75. The van der Waals surface area contributed by atoms with Gasteiger partial charge in [-0.2, -0.15) is 0 Å². The van der Waals surface area contributed by atoms with Crippen LogP contribution in [0, 0.1) is 13.8 Å². The first kappa shape index (κ1) is 12.2. The first-order chi connectivity index (χ1) is 6.54. The van der Waals surface area contributed by atoms with Gasteiger partial charge in [0, 0.05) is 8.95 Å². The summed E-state index contributed by atoms with van der Waals surface area (Å²) in [4.78, 5) is 0. The second-order valence-corrected chi connectivity index (χ2v) is 4.74. The zero-order valence-electron chi connectivity index (χ0n) is 8.06. The minimum Gasteiger partial charge on any atom is -0.392 e. The van der Waals surface area contributed by atoms with E-state index in [4.69, 9.17) is 0 Å². The molecule has 0 amide bonds. The van der Waals surface area contributed by atoms with Gasteiger partial charge in [0.05, 0.1) is 13.2 Å². The molecule has 4 heteroatoms. The van der Waals surface area contributed by atoms with Crippen LogP contribution in [-0.2, 0) is 13.2 Å². The molecule has 0 saturated carbocycles. The Morgan fingerprint density at radius 1 is 0.857 bits per heavy atom. The van der Waals surface area contributed by atoms with Gasteiger partial charge >= 0.3 is 0 Å². The third-order valence-electron chi connectivity index (χ3n) is 2.41. The molecule has 0 spiro atoms. The van der Waals surface area contributed by atoms with Gasteiger partial charge in [-0.3, -0.25) is 0 Å². The molecule has 2 nitrogen and oxygen atoms in total. The van der Waals surface area contributed by atoms with Gasteiger partial charge in [0.15, 0.2) is 0 Å². The minimum atomic E-state index is -0.00242. The predicted octanol–water partition coefficient (Wildman–Crippen LogP) is 2.81. The Morgan fingerprint density at radius 3 is 1.36 bits per heavy atom. The quantitative estimate of drug-likeness (QED) is 0.878. The Bertz CT molecular complexity index is 298. The van der Waals surface area contributed by atoms with Crippen molar-refractivity contribution in [2.24, 2.45) is 0 Å². The van der Waals surface area contributed by atoms with Crippen molar-refractivity contribution < 1.29 is 10.2 Å². The van der Waals surface area contributed by atoms with Crippen molar-refractivity contribution in [2.75, 3.05) is 0 Å². The van der Waals surface area contributed by atoms with Crippen LogP contribution in [0.2, 0.25) is 0 Å². The van der Waals surface area contributed by atoms with Gasteiger partial charge < -0.3 is 10.2 Å². The molecule has 0 aromatic heterocycles. The normalized spacial score (nSPS) is 10.7. The Morgan fingerprint density at radius 2 is 1.14 bits per heavy atom. The molecule has 0 fully saturated rings. The molecule has 0 aliphatic heterocycles. The van der Waals surface area contributed by atoms with E-state index in [-0.39, 0.29) is 13.2 Å². The van der Waals surface area contributed by atoms with Crippen LogP contribution in [0.1, 0.15) is 22.3 Å². The van der Waals surface area contributed by atoms with Crippen LogP contribution in [0.3, 0.4) is 0 Å². The molecule has 0 saturated heterocycles. The van der Waals surface area contributed by atoms with Crippen LogP contribution < -0.4 is 0 Å². The highest BCUT2D eigenvalue weighted by molar-refractivity contribution is 9.11. The lowest BCUT2D eigenvalue weighted by atomic mass is 10.0. The average molecular weight is 324 g/mol. The smallest absolute Gasteiger partial charge is 0.0695 e. The van der Waals surface area contributed by atoms with Crippen molar-refractivity contribution in [3.63, 3.8) is 0 Å². The maximum Gasteiger partial charge on any atom is 0.0695 e. The zero-order valence-corrected chi connectivity index (χ0v) is 11.2. The summed E-state index contributed by atoms with van der Waals surface area (Å²) in [6, 6.07) is 0. The number of halogens is 2. The summed E-state index contributed by atoms with van der Waals surface area (Å²) in [6.07, 6.45) is 0. The van der Waals surface area contributed by atoms with E-state index in [1.165, 1.54) is 0 Å². The Hall–Kier alpha value is 0.1000. The summed E-state index contributed by atoms with van der Waals surface area (Å²) >= 11 is 6.85. The summed E-state index contributed by atoms with van der Waals surface area (Å²) in [6.45, 7) is 3.83. The highest BCUT2D eigenvalue weighted by Gasteiger charge is 2.15. The van der Waals surface area contributed by atoms with Crippen LogP contribution in [-0.4, -0.2) is 10.2 Å². The Balaban J connectivity index is 3.55. The van der Waals surface area contributed by atoms with E-state index in [9.17, 15) is 10.2 Å². The van der Waals surface area contributed by atoms with Crippen LogP contribution in [0.4, 0.5) is 0 Å². The highest BCUT2D eigenvalue weighted by atomic mass is 79.9. The minimum absolute atomic E-state index is 0.00242. The standard InChI is InChI=1S/C10H12Br2O2/c1-5-7(3-13)10(12)6(2)8(4-14)9(5)11/h13-14H,3-4H2,1-2H3. The third kappa shape index (κ3) is 1.89. The second-order valence-electron chi connectivity index (χ2n) is 3.15. The molecule has 0 aliphatic rings. The van der Waals surface area contributed by atoms with Gasteiger partial charge in [-0.1, -0.05) is 31.9 Å². The molecule has 0 aliphatic carbocycles. The summed E-state index contributed by atoms with van der Waals surface area (Å²) in [7, 11) is 0. The van der Waals surface area contributed by atoms with Crippen LogP contribution in [0.15, 0.2) is 8.95 Å². The third-order valence-corrected chi connectivity index (χ3v) is 4.56. The van der Waals surface area contributed by atoms with E-state index in [1.807, 2.05) is 13.8 Å². The van der Waals surface area contributed by atoms with Crippen LogP contribution in [0.25, 0.3) is 0 Å². The van der Waals surface area contributed by atoms with Crippen molar-refractivity contribution in [2.45, 2.75) is 27.1 Å². The van der Waals surface area contributed by atoms with Crippen molar-refractivity contribution in [1.29, 1.82) is 0 Å². The largest absolute Gasteiger partial charge is 0.392 e. The van der Waals surface area contributed by atoms with Crippen molar-refractivity contribution >= 4 is 31.9 Å². The fourth-order valence-electron chi connectivity index (χ4n) is 1.42. The molecule has 78 valence electrons. The van der Waals surface area contributed by atoms with E-state index in [2.05, 4.69) is 31.9 Å². The molecule has 0 radical (unpaired) electrons.